The molecule has 1 saturated heterocycles. The van der Waals surface area contributed by atoms with Crippen molar-refractivity contribution in [3.8, 4) is 11.5 Å². The minimum Gasteiger partial charge on any atom is -0.487 e. The average molecular weight is 621 g/mol. The van der Waals surface area contributed by atoms with E-state index in [1.54, 1.807) is 19.0 Å². The number of likely N-dealkylation sites (N-methyl/N-ethyl adjacent to an activating group) is 1. The molecule has 2 aliphatic heterocycles. The highest BCUT2D eigenvalue weighted by molar-refractivity contribution is 6.30. The summed E-state index contributed by atoms with van der Waals surface area (Å²) in [5.41, 5.74) is 3.09. The first-order valence-electron chi connectivity index (χ1n) is 15.1. The van der Waals surface area contributed by atoms with Gasteiger partial charge in [0.1, 0.15) is 0 Å². The van der Waals surface area contributed by atoms with E-state index in [0.717, 1.165) is 40.8 Å². The van der Waals surface area contributed by atoms with Gasteiger partial charge in [-0.1, -0.05) is 35.9 Å². The van der Waals surface area contributed by atoms with Gasteiger partial charge < -0.3 is 29.1 Å². The molecule has 0 bridgehead atoms. The number of anilines is 1. The molecule has 0 spiro atoms. The fourth-order valence-electron chi connectivity index (χ4n) is 6.01. The van der Waals surface area contributed by atoms with E-state index in [9.17, 15) is 14.7 Å². The van der Waals surface area contributed by atoms with Crippen LogP contribution in [0.15, 0.2) is 60.7 Å². The summed E-state index contributed by atoms with van der Waals surface area (Å²) < 4.78 is 17.6. The van der Waals surface area contributed by atoms with Gasteiger partial charge in [0.15, 0.2) is 18.1 Å². The first-order chi connectivity index (χ1) is 21.0. The molecule has 0 radical (unpaired) electrons. The summed E-state index contributed by atoms with van der Waals surface area (Å²) in [4.78, 5) is 29.5. The van der Waals surface area contributed by atoms with E-state index in [1.807, 2.05) is 81.4 Å². The lowest BCUT2D eigenvalue weighted by Gasteiger charge is -2.39. The van der Waals surface area contributed by atoms with Crippen molar-refractivity contribution in [3.63, 3.8) is 0 Å². The molecule has 3 aromatic carbocycles. The van der Waals surface area contributed by atoms with Crippen molar-refractivity contribution in [1.82, 2.24) is 4.90 Å². The number of hydrogen-bond donors (Lipinski definition) is 1. The molecule has 5 rings (SSSR count). The Labute approximate surface area is 264 Å². The van der Waals surface area contributed by atoms with E-state index in [1.165, 1.54) is 4.90 Å². The minimum atomic E-state index is -1.01. The van der Waals surface area contributed by atoms with Gasteiger partial charge >= 0.3 is 0 Å². The molecule has 0 aromatic heterocycles. The Morgan fingerprint density at radius 1 is 1.07 bits per heavy atom. The maximum atomic E-state index is 14.0. The SMILES string of the molecule is CC(C)Oc1cc2c(cc1OCC(=O)N(C)C)CC(=O)N(c1ccc([C@@](C)(O)C3CCOCC3)cc1)C2c1ccc(Cl)cc1. The number of fused-ring (bicyclic) bond motifs is 1. The van der Waals surface area contributed by atoms with Gasteiger partial charge in [-0.2, -0.15) is 0 Å². The number of benzene rings is 3. The third-order valence-electron chi connectivity index (χ3n) is 8.51. The van der Waals surface area contributed by atoms with Crippen molar-refractivity contribution in [2.24, 2.45) is 5.92 Å². The van der Waals surface area contributed by atoms with Gasteiger partial charge in [-0.25, -0.2) is 0 Å². The molecular weight excluding hydrogens is 580 g/mol. The molecule has 2 amide bonds. The second-order valence-electron chi connectivity index (χ2n) is 12.2. The molecule has 1 N–H and O–H groups in total. The Morgan fingerprint density at radius 3 is 2.34 bits per heavy atom. The maximum Gasteiger partial charge on any atom is 0.259 e. The quantitative estimate of drug-likeness (QED) is 0.320. The number of nitrogens with zero attached hydrogens (tertiary/aromatic N) is 2. The molecule has 9 heteroatoms. The zero-order valence-corrected chi connectivity index (χ0v) is 26.8. The van der Waals surface area contributed by atoms with Gasteiger partial charge in [0.2, 0.25) is 5.91 Å². The summed E-state index contributed by atoms with van der Waals surface area (Å²) in [7, 11) is 3.35. The van der Waals surface area contributed by atoms with E-state index in [4.69, 9.17) is 25.8 Å². The molecular formula is C35H41ClN2O6. The Bertz CT molecular complexity index is 1480. The fourth-order valence-corrected chi connectivity index (χ4v) is 6.13. The highest BCUT2D eigenvalue weighted by atomic mass is 35.5. The molecule has 44 heavy (non-hydrogen) atoms. The van der Waals surface area contributed by atoms with E-state index in [-0.39, 0.29) is 36.9 Å². The van der Waals surface area contributed by atoms with Crippen LogP contribution in [-0.2, 0) is 26.3 Å². The summed E-state index contributed by atoms with van der Waals surface area (Å²) in [6.07, 6.45) is 1.59. The number of amides is 2. The Balaban J connectivity index is 1.56. The monoisotopic (exact) mass is 620 g/mol. The third-order valence-corrected chi connectivity index (χ3v) is 8.77. The van der Waals surface area contributed by atoms with Gasteiger partial charge in [-0.15, -0.1) is 0 Å². The lowest BCUT2D eigenvalue weighted by molar-refractivity contribution is -0.130. The predicted octanol–water partition coefficient (Wildman–Crippen LogP) is 5.91. The van der Waals surface area contributed by atoms with Gasteiger partial charge in [-0.05, 0) is 98.2 Å². The lowest BCUT2D eigenvalue weighted by Crippen LogP contribution is -2.41. The predicted molar refractivity (Wildman–Crippen MR) is 170 cm³/mol. The van der Waals surface area contributed by atoms with Crippen LogP contribution in [0.2, 0.25) is 5.02 Å². The van der Waals surface area contributed by atoms with Crippen LogP contribution in [0.1, 0.15) is 61.9 Å². The summed E-state index contributed by atoms with van der Waals surface area (Å²) in [6.45, 7) is 6.86. The number of carbonyl (C=O) groups is 2. The zero-order valence-electron chi connectivity index (χ0n) is 26.0. The second kappa shape index (κ2) is 13.2. The van der Waals surface area contributed by atoms with Crippen LogP contribution in [0.3, 0.4) is 0 Å². The molecule has 2 atom stereocenters. The zero-order chi connectivity index (χ0) is 31.6. The van der Waals surface area contributed by atoms with Crippen molar-refractivity contribution < 1.29 is 28.9 Å². The average Bonchev–Trinajstić information content (AvgIpc) is 3.00. The maximum absolute atomic E-state index is 14.0. The van der Waals surface area contributed by atoms with Crippen molar-refractivity contribution >= 4 is 29.1 Å². The topological polar surface area (TPSA) is 88.5 Å². The van der Waals surface area contributed by atoms with Crippen LogP contribution in [0.5, 0.6) is 11.5 Å². The minimum absolute atomic E-state index is 0.0887. The number of ether oxygens (including phenoxy) is 3. The van der Waals surface area contributed by atoms with Crippen LogP contribution in [-0.4, -0.2) is 61.8 Å². The molecule has 1 fully saturated rings. The van der Waals surface area contributed by atoms with Crippen LogP contribution < -0.4 is 14.4 Å². The van der Waals surface area contributed by atoms with E-state index in [0.29, 0.717) is 29.7 Å². The largest absolute Gasteiger partial charge is 0.487 e. The Hall–Kier alpha value is -3.59. The smallest absolute Gasteiger partial charge is 0.259 e. The molecule has 234 valence electrons. The fraction of sp³-hybridized carbons (Fsp3) is 0.429. The van der Waals surface area contributed by atoms with Crippen LogP contribution in [0.25, 0.3) is 0 Å². The number of rotatable bonds is 9. The van der Waals surface area contributed by atoms with Crippen molar-refractivity contribution in [1.29, 1.82) is 0 Å². The number of carbonyl (C=O) groups excluding carboxylic acids is 2. The third kappa shape index (κ3) is 6.72. The second-order valence-corrected chi connectivity index (χ2v) is 12.7. The molecule has 0 aliphatic carbocycles. The first-order valence-corrected chi connectivity index (χ1v) is 15.5. The molecule has 3 aromatic rings. The van der Waals surface area contributed by atoms with E-state index < -0.39 is 11.6 Å². The van der Waals surface area contributed by atoms with Crippen molar-refractivity contribution in [3.05, 3.63) is 87.9 Å². The molecule has 0 saturated carbocycles. The van der Waals surface area contributed by atoms with Crippen molar-refractivity contribution in [2.75, 3.05) is 38.8 Å². The normalized spacial score (nSPS) is 18.5. The van der Waals surface area contributed by atoms with Gasteiger partial charge in [0, 0.05) is 38.0 Å². The molecule has 2 aliphatic rings. The van der Waals surface area contributed by atoms with Gasteiger partial charge in [-0.3, -0.25) is 9.59 Å². The van der Waals surface area contributed by atoms with Gasteiger partial charge in [0.25, 0.3) is 5.91 Å². The Kier molecular flexibility index (Phi) is 9.53. The number of hydrogen-bond acceptors (Lipinski definition) is 6. The first kappa shape index (κ1) is 31.8. The van der Waals surface area contributed by atoms with E-state index >= 15 is 0 Å². The summed E-state index contributed by atoms with van der Waals surface area (Å²) in [5, 5.41) is 12.1. The highest BCUT2D eigenvalue weighted by Gasteiger charge is 2.38. The summed E-state index contributed by atoms with van der Waals surface area (Å²) >= 11 is 6.26. The number of aliphatic hydroxyl groups is 1. The molecule has 1 unspecified atom stereocenters. The standard InChI is InChI=1S/C35H41ClN2O6/c1-22(2)44-31-20-29-24(18-30(31)43-21-33(40)37(4)5)19-32(39)38(34(29)23-6-10-27(36)11-7-23)28-12-8-25(9-13-28)35(3,41)26-14-16-42-17-15-26/h6-13,18,20,22,26,34,41H,14-17,19,21H2,1-5H3/t34?,35-/m1/s1. The molecule has 8 nitrogen and oxygen atoms in total. The Morgan fingerprint density at radius 2 is 1.73 bits per heavy atom. The van der Waals surface area contributed by atoms with Crippen LogP contribution in [0.4, 0.5) is 5.69 Å². The van der Waals surface area contributed by atoms with Crippen LogP contribution >= 0.6 is 11.6 Å². The van der Waals surface area contributed by atoms with Crippen molar-refractivity contribution in [2.45, 2.75) is 57.8 Å². The summed E-state index contributed by atoms with van der Waals surface area (Å²) in [6, 6.07) is 18.4. The van der Waals surface area contributed by atoms with E-state index in [2.05, 4.69) is 0 Å². The van der Waals surface area contributed by atoms with Gasteiger partial charge in [0.05, 0.1) is 24.2 Å². The lowest BCUT2D eigenvalue weighted by atomic mass is 9.78. The number of halogens is 1. The highest BCUT2D eigenvalue weighted by Crippen LogP contribution is 2.44. The van der Waals surface area contributed by atoms with Crippen LogP contribution in [0, 0.1) is 5.92 Å². The molecule has 2 heterocycles. The summed E-state index contributed by atoms with van der Waals surface area (Å²) in [5.74, 6) is 0.745.